The summed E-state index contributed by atoms with van der Waals surface area (Å²) in [6.45, 7) is 1.41. The maximum absolute atomic E-state index is 13.6. The normalized spacial score (nSPS) is 15.0. The summed E-state index contributed by atoms with van der Waals surface area (Å²) in [5.41, 5.74) is 3.83. The van der Waals surface area contributed by atoms with E-state index in [4.69, 9.17) is 11.6 Å². The molecular weight excluding hydrogens is 401 g/mol. The Kier molecular flexibility index (Phi) is 4.94. The molecule has 3 heterocycles. The van der Waals surface area contributed by atoms with Crippen LogP contribution in [0.25, 0.3) is 5.69 Å². The lowest BCUT2D eigenvalue weighted by molar-refractivity contribution is 0.554. The molecule has 1 aliphatic rings. The molecule has 1 atom stereocenters. The fourth-order valence-electron chi connectivity index (χ4n) is 3.93. The second-order valence-corrected chi connectivity index (χ2v) is 7.48. The van der Waals surface area contributed by atoms with Gasteiger partial charge in [0, 0.05) is 30.7 Å². The highest BCUT2D eigenvalue weighted by molar-refractivity contribution is 6.31. The molecule has 0 radical (unpaired) electrons. The second kappa shape index (κ2) is 7.89. The average Bonchev–Trinajstić information content (AvgIpc) is 3.25. The van der Waals surface area contributed by atoms with E-state index in [1.165, 1.54) is 24.0 Å². The number of benzene rings is 2. The van der Waals surface area contributed by atoms with Crippen LogP contribution < -0.4 is 10.2 Å². The second-order valence-electron chi connectivity index (χ2n) is 7.12. The topological polar surface area (TPSA) is 46.0 Å². The largest absolute Gasteiger partial charge is 0.314 e. The van der Waals surface area contributed by atoms with Gasteiger partial charge in [-0.1, -0.05) is 41.9 Å². The Balaban J connectivity index is 1.55. The molecule has 4 aromatic rings. The highest BCUT2D eigenvalue weighted by atomic mass is 35.5. The van der Waals surface area contributed by atoms with Crippen LogP contribution in [0, 0.1) is 5.82 Å². The molecule has 1 unspecified atom stereocenters. The number of halogens is 2. The summed E-state index contributed by atoms with van der Waals surface area (Å²) in [4.78, 5) is 10.8. The Morgan fingerprint density at radius 1 is 0.967 bits per heavy atom. The first kappa shape index (κ1) is 18.8. The van der Waals surface area contributed by atoms with Crippen molar-refractivity contribution in [2.45, 2.75) is 12.6 Å². The summed E-state index contributed by atoms with van der Waals surface area (Å²) in [5.74, 6) is 0.413. The Bertz CT molecular complexity index is 1160. The van der Waals surface area contributed by atoms with Crippen LogP contribution in [0.3, 0.4) is 0 Å². The fraction of sp³-hybridized carbons (Fsp3) is 0.130. The zero-order valence-electron chi connectivity index (χ0n) is 16.0. The minimum atomic E-state index is -0.279. The van der Waals surface area contributed by atoms with Gasteiger partial charge < -0.3 is 14.8 Å². The number of nitrogens with one attached hydrogen (secondary N) is 1. The van der Waals surface area contributed by atoms with E-state index >= 15 is 0 Å². The predicted molar refractivity (Wildman–Crippen MR) is 116 cm³/mol. The molecule has 0 saturated heterocycles. The van der Waals surface area contributed by atoms with Gasteiger partial charge in [-0.25, -0.2) is 14.4 Å². The molecule has 1 aliphatic heterocycles. The lowest BCUT2D eigenvalue weighted by Crippen LogP contribution is -2.38. The lowest BCUT2D eigenvalue weighted by Gasteiger charge is -2.39. The quantitative estimate of drug-likeness (QED) is 0.460. The molecule has 0 bridgehead atoms. The van der Waals surface area contributed by atoms with Gasteiger partial charge in [-0.05, 0) is 42.0 Å². The zero-order chi connectivity index (χ0) is 20.5. The maximum Gasteiger partial charge on any atom is 0.163 e. The highest BCUT2D eigenvalue weighted by Crippen LogP contribution is 2.44. The first-order valence-electron chi connectivity index (χ1n) is 9.70. The molecule has 5 rings (SSSR count). The summed E-state index contributed by atoms with van der Waals surface area (Å²) in [6, 6.07) is 20.7. The number of fused-ring (bicyclic) bond motifs is 3. The predicted octanol–water partition coefficient (Wildman–Crippen LogP) is 5.04. The van der Waals surface area contributed by atoms with Crippen molar-refractivity contribution >= 4 is 23.1 Å². The van der Waals surface area contributed by atoms with Gasteiger partial charge in [0.25, 0.3) is 0 Å². The molecule has 0 fully saturated rings. The van der Waals surface area contributed by atoms with Crippen molar-refractivity contribution in [3.8, 4) is 5.69 Å². The summed E-state index contributed by atoms with van der Waals surface area (Å²) in [6.07, 6.45) is 3.43. The summed E-state index contributed by atoms with van der Waals surface area (Å²) in [5, 5.41) is 3.93. The lowest BCUT2D eigenvalue weighted by atomic mass is 10.1. The molecule has 0 spiro atoms. The molecule has 2 aromatic carbocycles. The number of aromatic nitrogens is 3. The van der Waals surface area contributed by atoms with E-state index in [0.717, 1.165) is 23.6 Å². The SMILES string of the molecule is Fc1ccc(N2c3ncnc(Cl)c3-n3cccc3C2CNCc2ccccc2)cc1. The van der Waals surface area contributed by atoms with Gasteiger partial charge in [-0.15, -0.1) is 0 Å². The molecule has 30 heavy (non-hydrogen) atoms. The molecule has 150 valence electrons. The summed E-state index contributed by atoms with van der Waals surface area (Å²) >= 11 is 6.46. The monoisotopic (exact) mass is 419 g/mol. The van der Waals surface area contributed by atoms with E-state index in [-0.39, 0.29) is 11.9 Å². The van der Waals surface area contributed by atoms with Gasteiger partial charge in [0.05, 0.1) is 6.04 Å². The molecular formula is C23H19ClFN5. The Labute approximate surface area is 178 Å². The van der Waals surface area contributed by atoms with Gasteiger partial charge in [-0.3, -0.25) is 0 Å². The van der Waals surface area contributed by atoms with Crippen molar-refractivity contribution in [2.75, 3.05) is 11.4 Å². The van der Waals surface area contributed by atoms with Crippen molar-refractivity contribution in [3.63, 3.8) is 0 Å². The summed E-state index contributed by atoms with van der Waals surface area (Å²) in [7, 11) is 0. The van der Waals surface area contributed by atoms with Gasteiger partial charge in [0.1, 0.15) is 17.8 Å². The Morgan fingerprint density at radius 2 is 1.77 bits per heavy atom. The van der Waals surface area contributed by atoms with Gasteiger partial charge in [-0.2, -0.15) is 0 Å². The van der Waals surface area contributed by atoms with Crippen molar-refractivity contribution in [1.82, 2.24) is 19.9 Å². The van der Waals surface area contributed by atoms with Crippen LogP contribution in [-0.2, 0) is 6.54 Å². The number of hydrogen-bond donors (Lipinski definition) is 1. The van der Waals surface area contributed by atoms with Crippen LogP contribution >= 0.6 is 11.6 Å². The van der Waals surface area contributed by atoms with E-state index in [1.54, 1.807) is 12.1 Å². The van der Waals surface area contributed by atoms with Gasteiger partial charge >= 0.3 is 0 Å². The van der Waals surface area contributed by atoms with E-state index in [1.807, 2.05) is 35.0 Å². The van der Waals surface area contributed by atoms with Crippen molar-refractivity contribution in [1.29, 1.82) is 0 Å². The molecule has 2 aromatic heterocycles. The molecule has 0 aliphatic carbocycles. The van der Waals surface area contributed by atoms with E-state index in [0.29, 0.717) is 17.5 Å². The van der Waals surface area contributed by atoms with Crippen LogP contribution in [0.5, 0.6) is 0 Å². The highest BCUT2D eigenvalue weighted by Gasteiger charge is 2.34. The van der Waals surface area contributed by atoms with Crippen LogP contribution in [0.2, 0.25) is 5.15 Å². The maximum atomic E-state index is 13.6. The third kappa shape index (κ3) is 3.34. The van der Waals surface area contributed by atoms with E-state index in [2.05, 4.69) is 38.4 Å². The van der Waals surface area contributed by atoms with Crippen LogP contribution in [0.1, 0.15) is 17.3 Å². The van der Waals surface area contributed by atoms with Crippen LogP contribution in [-0.4, -0.2) is 21.1 Å². The first-order valence-corrected chi connectivity index (χ1v) is 10.1. The summed E-state index contributed by atoms with van der Waals surface area (Å²) < 4.78 is 15.6. The van der Waals surface area contributed by atoms with E-state index in [9.17, 15) is 4.39 Å². The molecule has 0 saturated carbocycles. The fourth-order valence-corrected chi connectivity index (χ4v) is 4.15. The van der Waals surface area contributed by atoms with Crippen molar-refractivity contribution in [3.05, 3.63) is 101 Å². The van der Waals surface area contributed by atoms with Gasteiger partial charge in [0.2, 0.25) is 0 Å². The molecule has 1 N–H and O–H groups in total. The first-order chi connectivity index (χ1) is 14.7. The molecule has 7 heteroatoms. The average molecular weight is 420 g/mol. The smallest absolute Gasteiger partial charge is 0.163 e. The molecule has 0 amide bonds. The zero-order valence-corrected chi connectivity index (χ0v) is 16.8. The van der Waals surface area contributed by atoms with Crippen LogP contribution in [0.15, 0.2) is 79.3 Å². The Hall–Kier alpha value is -3.22. The number of rotatable bonds is 5. The Morgan fingerprint density at radius 3 is 2.57 bits per heavy atom. The molecule has 5 nitrogen and oxygen atoms in total. The van der Waals surface area contributed by atoms with Crippen molar-refractivity contribution in [2.24, 2.45) is 0 Å². The number of hydrogen-bond acceptors (Lipinski definition) is 4. The third-order valence-electron chi connectivity index (χ3n) is 5.28. The minimum absolute atomic E-state index is 0.0624. The van der Waals surface area contributed by atoms with Crippen molar-refractivity contribution < 1.29 is 4.39 Å². The third-order valence-corrected chi connectivity index (χ3v) is 5.55. The standard InChI is InChI=1S/C23H19ClFN5/c24-22-21-23(28-15-27-22)30(18-10-8-17(25)9-11-18)20(19-7-4-12-29(19)21)14-26-13-16-5-2-1-3-6-16/h1-12,15,20,26H,13-14H2. The number of anilines is 2. The number of nitrogens with zero attached hydrogens (tertiary/aromatic N) is 4. The van der Waals surface area contributed by atoms with Gasteiger partial charge in [0.15, 0.2) is 11.0 Å². The van der Waals surface area contributed by atoms with E-state index < -0.39 is 0 Å². The minimum Gasteiger partial charge on any atom is -0.314 e. The van der Waals surface area contributed by atoms with Crippen LogP contribution in [0.4, 0.5) is 15.9 Å².